The lowest BCUT2D eigenvalue weighted by Crippen LogP contribution is -2.53. The van der Waals surface area contributed by atoms with Crippen molar-refractivity contribution in [3.8, 4) is 0 Å². The van der Waals surface area contributed by atoms with Gasteiger partial charge in [0.1, 0.15) is 0 Å². The van der Waals surface area contributed by atoms with Gasteiger partial charge in [0.15, 0.2) is 0 Å². The van der Waals surface area contributed by atoms with Gasteiger partial charge in [0.25, 0.3) is 5.91 Å². The van der Waals surface area contributed by atoms with Crippen molar-refractivity contribution in [1.82, 2.24) is 10.2 Å². The van der Waals surface area contributed by atoms with Crippen molar-refractivity contribution >= 4 is 29.7 Å². The Bertz CT molecular complexity index is 755. The Morgan fingerprint density at radius 3 is 2.52 bits per heavy atom. The number of thioether (sulfide) groups is 1. The molecule has 156 valence electrons. The van der Waals surface area contributed by atoms with E-state index in [4.69, 9.17) is 0 Å². The Balaban J connectivity index is 1.39. The molecule has 2 amide bonds. The third kappa shape index (κ3) is 4.88. The largest absolute Gasteiger partial charge is 0.353 e. The first kappa shape index (κ1) is 20.5. The summed E-state index contributed by atoms with van der Waals surface area (Å²) in [4.78, 5) is 28.6. The number of carbonyl (C=O) groups is 2. The molecule has 0 aromatic heterocycles. The quantitative estimate of drug-likeness (QED) is 0.583. The molecule has 29 heavy (non-hydrogen) atoms. The van der Waals surface area contributed by atoms with Crippen LogP contribution in [0, 0.1) is 5.92 Å². The van der Waals surface area contributed by atoms with Crippen LogP contribution in [0.4, 0.5) is 0 Å². The van der Waals surface area contributed by atoms with Crippen LogP contribution < -0.4 is 5.32 Å². The van der Waals surface area contributed by atoms with E-state index in [9.17, 15) is 9.59 Å². The van der Waals surface area contributed by atoms with Gasteiger partial charge in [-0.25, -0.2) is 0 Å². The van der Waals surface area contributed by atoms with Gasteiger partial charge in [-0.3, -0.25) is 9.59 Å². The van der Waals surface area contributed by atoms with Gasteiger partial charge < -0.3 is 10.2 Å². The normalized spacial score (nSPS) is 30.0. The van der Waals surface area contributed by atoms with Gasteiger partial charge in [0, 0.05) is 30.3 Å². The minimum Gasteiger partial charge on any atom is -0.353 e. The lowest BCUT2D eigenvalue weighted by molar-refractivity contribution is -0.132. The smallest absolute Gasteiger partial charge is 0.260 e. The molecule has 1 aliphatic heterocycles. The Hall–Kier alpha value is -1.75. The molecule has 1 saturated heterocycles. The summed E-state index contributed by atoms with van der Waals surface area (Å²) in [6, 6.07) is 10.5. The highest BCUT2D eigenvalue weighted by Gasteiger charge is 2.43. The molecule has 0 radical (unpaired) electrons. The van der Waals surface area contributed by atoms with Crippen LogP contribution in [0.3, 0.4) is 0 Å². The fraction of sp³-hybridized carbons (Fsp3) is 0.583. The zero-order chi connectivity index (χ0) is 20.2. The van der Waals surface area contributed by atoms with E-state index in [1.807, 2.05) is 48.4 Å². The fourth-order valence-electron chi connectivity index (χ4n) is 4.98. The summed E-state index contributed by atoms with van der Waals surface area (Å²) in [7, 11) is 1.91. The summed E-state index contributed by atoms with van der Waals surface area (Å²) in [6.45, 7) is 0. The number of hydrogen-bond donors (Lipinski definition) is 1. The molecule has 4 nitrogen and oxygen atoms in total. The molecular weight excluding hydrogens is 380 g/mol. The van der Waals surface area contributed by atoms with Gasteiger partial charge >= 0.3 is 0 Å². The zero-order valence-electron chi connectivity index (χ0n) is 17.3. The van der Waals surface area contributed by atoms with Crippen LogP contribution in [0.15, 0.2) is 35.2 Å². The first-order valence-electron chi connectivity index (χ1n) is 11.1. The summed E-state index contributed by atoms with van der Waals surface area (Å²) < 4.78 is 0. The maximum Gasteiger partial charge on any atom is 0.260 e. The van der Waals surface area contributed by atoms with Crippen molar-refractivity contribution < 1.29 is 9.59 Å². The summed E-state index contributed by atoms with van der Waals surface area (Å²) in [5.41, 5.74) is 1.06. The number of amides is 2. The van der Waals surface area contributed by atoms with Gasteiger partial charge in [-0.15, -0.1) is 11.8 Å². The lowest BCUT2D eigenvalue weighted by Gasteiger charge is -2.44. The monoisotopic (exact) mass is 412 g/mol. The molecule has 3 unspecified atom stereocenters. The number of nitrogens with zero attached hydrogens (tertiary/aromatic N) is 1. The Morgan fingerprint density at radius 1 is 1.07 bits per heavy atom. The molecule has 2 aliphatic carbocycles. The number of fused-ring (bicyclic) bond motifs is 1. The predicted molar refractivity (Wildman–Crippen MR) is 119 cm³/mol. The number of carbonyl (C=O) groups excluding carboxylic acids is 2. The van der Waals surface area contributed by atoms with E-state index in [1.54, 1.807) is 11.8 Å². The van der Waals surface area contributed by atoms with E-state index in [0.29, 0.717) is 11.3 Å². The summed E-state index contributed by atoms with van der Waals surface area (Å²) in [5.74, 6) is 0.340. The van der Waals surface area contributed by atoms with Gasteiger partial charge in [-0.1, -0.05) is 56.0 Å². The minimum atomic E-state index is 0.0370. The summed E-state index contributed by atoms with van der Waals surface area (Å²) in [5, 5.41) is 3.71. The van der Waals surface area contributed by atoms with E-state index in [1.165, 1.54) is 25.7 Å². The van der Waals surface area contributed by atoms with E-state index in [-0.39, 0.29) is 23.8 Å². The topological polar surface area (TPSA) is 49.4 Å². The highest BCUT2D eigenvalue weighted by molar-refractivity contribution is 8.04. The highest BCUT2D eigenvalue weighted by atomic mass is 32.2. The second kappa shape index (κ2) is 9.38. The minimum absolute atomic E-state index is 0.0370. The second-order valence-electron chi connectivity index (χ2n) is 8.77. The molecule has 2 saturated carbocycles. The standard InChI is InChI=1S/C24H32N2O2S/c1-26-20-16-18(23(27)25-19-11-7-2-3-8-12-19)13-14-21(20)29-22(24(26)28)15-17-9-5-4-6-10-17/h4-6,9-10,15,18-21H,2-3,7-8,11-14,16H2,1H3,(H,25,27)/b22-15+. The van der Waals surface area contributed by atoms with Crippen molar-refractivity contribution in [3.63, 3.8) is 0 Å². The molecule has 1 aromatic carbocycles. The second-order valence-corrected chi connectivity index (χ2v) is 10.0. The Kier molecular flexibility index (Phi) is 6.63. The van der Waals surface area contributed by atoms with E-state index in [0.717, 1.165) is 42.6 Å². The van der Waals surface area contributed by atoms with Crippen molar-refractivity contribution in [2.75, 3.05) is 7.05 Å². The van der Waals surface area contributed by atoms with Crippen molar-refractivity contribution in [3.05, 3.63) is 40.8 Å². The molecule has 4 rings (SSSR count). The number of benzene rings is 1. The number of likely N-dealkylation sites (N-methyl/N-ethyl adjacent to an activating group) is 1. The van der Waals surface area contributed by atoms with Crippen LogP contribution in [0.5, 0.6) is 0 Å². The molecule has 0 spiro atoms. The fourth-order valence-corrected chi connectivity index (χ4v) is 6.46. The molecular formula is C24H32N2O2S. The molecule has 3 aliphatic rings. The number of hydrogen-bond acceptors (Lipinski definition) is 3. The third-order valence-corrected chi connectivity index (χ3v) is 8.13. The summed E-state index contributed by atoms with van der Waals surface area (Å²) >= 11 is 1.71. The molecule has 3 atom stereocenters. The predicted octanol–water partition coefficient (Wildman–Crippen LogP) is 4.61. The third-order valence-electron chi connectivity index (χ3n) is 6.73. The average Bonchev–Trinajstić information content (AvgIpc) is 3.01. The average molecular weight is 413 g/mol. The first-order valence-corrected chi connectivity index (χ1v) is 12.0. The van der Waals surface area contributed by atoms with Gasteiger partial charge in [0.05, 0.1) is 4.91 Å². The van der Waals surface area contributed by atoms with E-state index < -0.39 is 0 Å². The van der Waals surface area contributed by atoms with Crippen LogP contribution in [0.2, 0.25) is 0 Å². The van der Waals surface area contributed by atoms with Crippen molar-refractivity contribution in [2.45, 2.75) is 75.1 Å². The van der Waals surface area contributed by atoms with Crippen LogP contribution >= 0.6 is 11.8 Å². The van der Waals surface area contributed by atoms with E-state index >= 15 is 0 Å². The molecule has 5 heteroatoms. The van der Waals surface area contributed by atoms with Crippen molar-refractivity contribution in [2.24, 2.45) is 5.92 Å². The zero-order valence-corrected chi connectivity index (χ0v) is 18.1. The van der Waals surface area contributed by atoms with Gasteiger partial charge in [0.2, 0.25) is 5.91 Å². The van der Waals surface area contributed by atoms with Crippen LogP contribution in [0.1, 0.15) is 63.4 Å². The highest BCUT2D eigenvalue weighted by Crippen LogP contribution is 2.43. The molecule has 1 N–H and O–H groups in total. The lowest BCUT2D eigenvalue weighted by atomic mass is 9.83. The SMILES string of the molecule is CN1C(=O)/C(=C\c2ccccc2)SC2CCC(C(=O)NC3CCCCCC3)CC21. The Morgan fingerprint density at radius 2 is 1.79 bits per heavy atom. The summed E-state index contributed by atoms with van der Waals surface area (Å²) in [6.07, 6.45) is 12.0. The first-order chi connectivity index (χ1) is 14.1. The van der Waals surface area contributed by atoms with Gasteiger partial charge in [-0.05, 0) is 43.7 Å². The van der Waals surface area contributed by atoms with Gasteiger partial charge in [-0.2, -0.15) is 0 Å². The molecule has 3 fully saturated rings. The van der Waals surface area contributed by atoms with Crippen LogP contribution in [-0.4, -0.2) is 41.1 Å². The van der Waals surface area contributed by atoms with Crippen LogP contribution in [-0.2, 0) is 9.59 Å². The number of rotatable bonds is 3. The van der Waals surface area contributed by atoms with E-state index in [2.05, 4.69) is 5.32 Å². The maximum atomic E-state index is 13.0. The van der Waals surface area contributed by atoms with Crippen LogP contribution in [0.25, 0.3) is 6.08 Å². The van der Waals surface area contributed by atoms with Crippen molar-refractivity contribution in [1.29, 1.82) is 0 Å². The maximum absolute atomic E-state index is 13.0. The molecule has 0 bridgehead atoms. The number of nitrogens with one attached hydrogen (secondary N) is 1. The molecule has 1 aromatic rings. The molecule has 1 heterocycles. The Labute approximate surface area is 178 Å².